The highest BCUT2D eigenvalue weighted by atomic mass is 35.5. The number of rotatable bonds is 11. The molecule has 0 bridgehead atoms. The molecule has 11 heteroatoms. The van der Waals surface area contributed by atoms with Crippen molar-refractivity contribution in [1.29, 1.82) is 0 Å². The molecule has 0 atom stereocenters. The fourth-order valence-electron chi connectivity index (χ4n) is 3.18. The van der Waals surface area contributed by atoms with Crippen LogP contribution in [-0.2, 0) is 18.3 Å². The van der Waals surface area contributed by atoms with E-state index in [1.54, 1.807) is 0 Å². The molecule has 0 aliphatic rings. The predicted molar refractivity (Wildman–Crippen MR) is 123 cm³/mol. The van der Waals surface area contributed by atoms with Crippen molar-refractivity contribution >= 4 is 23.4 Å². The highest BCUT2D eigenvalue weighted by molar-refractivity contribution is 6.30. The van der Waals surface area contributed by atoms with E-state index in [1.165, 1.54) is 35.9 Å². The van der Waals surface area contributed by atoms with Crippen LogP contribution in [0.15, 0.2) is 35.8 Å². The average Bonchev–Trinajstić information content (AvgIpc) is 2.82. The molecular weight excluding hydrogens is 472 g/mol. The van der Waals surface area contributed by atoms with Gasteiger partial charge in [-0.2, -0.15) is 0 Å². The van der Waals surface area contributed by atoms with Crippen LogP contribution in [0.5, 0.6) is 5.75 Å². The van der Waals surface area contributed by atoms with E-state index < -0.39 is 33.9 Å². The monoisotopic (exact) mass is 497 g/mol. The number of nitrogens with one attached hydrogen (secondary N) is 1. The van der Waals surface area contributed by atoms with E-state index in [0.29, 0.717) is 6.61 Å². The van der Waals surface area contributed by atoms with E-state index in [-0.39, 0.29) is 48.8 Å². The fourth-order valence-corrected chi connectivity index (χ4v) is 3.36. The van der Waals surface area contributed by atoms with E-state index in [2.05, 4.69) is 11.9 Å². The average molecular weight is 498 g/mol. The van der Waals surface area contributed by atoms with Crippen LogP contribution < -0.4 is 15.5 Å². The summed E-state index contributed by atoms with van der Waals surface area (Å²) in [6.07, 6.45) is 2.73. The lowest BCUT2D eigenvalue weighted by Crippen LogP contribution is -2.38. The van der Waals surface area contributed by atoms with Crippen LogP contribution in [0.25, 0.3) is 0 Å². The minimum atomic E-state index is -1.01. The highest BCUT2D eigenvalue weighted by Gasteiger charge is 2.27. The maximum Gasteiger partial charge on any atom is 0.274 e. The molecule has 0 aliphatic heterocycles. The third kappa shape index (κ3) is 6.00. The number of pyridine rings is 1. The number of hydrogen-bond donors (Lipinski definition) is 1. The van der Waals surface area contributed by atoms with E-state index >= 15 is 0 Å². The first-order valence-corrected chi connectivity index (χ1v) is 10.7. The number of benzene rings is 1. The maximum atomic E-state index is 14.1. The number of carbonyl (C=O) groups excluding carboxylic acids is 2. The van der Waals surface area contributed by atoms with Crippen molar-refractivity contribution in [2.24, 2.45) is 7.05 Å². The van der Waals surface area contributed by atoms with Gasteiger partial charge in [-0.05, 0) is 13.0 Å². The van der Waals surface area contributed by atoms with E-state index in [0.717, 1.165) is 12.1 Å². The Morgan fingerprint density at radius 2 is 2.03 bits per heavy atom. The first kappa shape index (κ1) is 27.0. The summed E-state index contributed by atoms with van der Waals surface area (Å²) in [5, 5.41) is 1.70. The van der Waals surface area contributed by atoms with Gasteiger partial charge in [0, 0.05) is 45.0 Å². The lowest BCUT2D eigenvalue weighted by Gasteiger charge is -2.23. The van der Waals surface area contributed by atoms with Crippen molar-refractivity contribution in [2.45, 2.75) is 13.5 Å². The Morgan fingerprint density at radius 1 is 1.32 bits per heavy atom. The Bertz CT molecular complexity index is 1140. The van der Waals surface area contributed by atoms with Gasteiger partial charge in [-0.15, -0.1) is 6.58 Å². The van der Waals surface area contributed by atoms with Crippen LogP contribution in [0.3, 0.4) is 0 Å². The zero-order valence-corrected chi connectivity index (χ0v) is 19.9. The first-order chi connectivity index (χ1) is 16.2. The minimum Gasteiger partial charge on any atom is -0.491 e. The summed E-state index contributed by atoms with van der Waals surface area (Å²) in [5.74, 6) is -3.60. The number of hydrogen-bond acceptors (Lipinski definition) is 5. The molecule has 0 spiro atoms. The van der Waals surface area contributed by atoms with Crippen LogP contribution >= 0.6 is 11.6 Å². The largest absolute Gasteiger partial charge is 0.491 e. The number of nitrogens with zero attached hydrogens (tertiary/aromatic N) is 2. The summed E-state index contributed by atoms with van der Waals surface area (Å²) in [6, 6.07) is 2.10. The summed E-state index contributed by atoms with van der Waals surface area (Å²) in [7, 11) is 2.70. The Labute approximate surface area is 200 Å². The van der Waals surface area contributed by atoms with Gasteiger partial charge in [-0.1, -0.05) is 23.7 Å². The van der Waals surface area contributed by atoms with Crippen LogP contribution in [-0.4, -0.2) is 54.7 Å². The highest BCUT2D eigenvalue weighted by Crippen LogP contribution is 2.22. The summed E-state index contributed by atoms with van der Waals surface area (Å²) >= 11 is 5.55. The van der Waals surface area contributed by atoms with E-state index in [4.69, 9.17) is 21.1 Å². The Morgan fingerprint density at radius 3 is 2.65 bits per heavy atom. The summed E-state index contributed by atoms with van der Waals surface area (Å²) < 4.78 is 39.3. The molecule has 1 N–H and O–H groups in total. The van der Waals surface area contributed by atoms with Gasteiger partial charge in [-0.3, -0.25) is 14.4 Å². The van der Waals surface area contributed by atoms with Gasteiger partial charge >= 0.3 is 0 Å². The third-order valence-electron chi connectivity index (χ3n) is 4.89. The molecule has 8 nitrogen and oxygen atoms in total. The number of aryl methyl sites for hydroxylation is 1. The molecule has 2 aromatic rings. The summed E-state index contributed by atoms with van der Waals surface area (Å²) in [5.41, 5.74) is -1.26. The number of amides is 2. The van der Waals surface area contributed by atoms with Gasteiger partial charge in [0.15, 0.2) is 11.4 Å². The summed E-state index contributed by atoms with van der Waals surface area (Å²) in [6.45, 7) is 6.36. The molecule has 2 amide bonds. The Hall–Kier alpha value is -3.24. The Balaban J connectivity index is 2.35. The molecule has 184 valence electrons. The second-order valence-electron chi connectivity index (χ2n) is 7.12. The molecular formula is C23H26ClF2N3O5. The quantitative estimate of drug-likeness (QED) is 0.293. The lowest BCUT2D eigenvalue weighted by molar-refractivity contribution is 0.0667. The lowest BCUT2D eigenvalue weighted by atomic mass is 10.1. The van der Waals surface area contributed by atoms with Crippen molar-refractivity contribution in [3.63, 3.8) is 0 Å². The SMILES string of the molecule is C=CCN(CCOCC)C(=O)c1c(OC)c(=O)c(C(=O)NCc2ccc(F)c(Cl)c2F)cn1C. The standard InChI is InChI=1S/C23H26ClF2N3O5/c1-5-9-29(10-11-34-6-2)23(32)19-21(33-4)20(30)15(13-28(19)3)22(31)27-12-14-7-8-16(25)17(24)18(14)26/h5,7-8,13H,1,6,9-12H2,2-4H3,(H,27,31). The first-order valence-electron chi connectivity index (χ1n) is 10.3. The predicted octanol–water partition coefficient (Wildman–Crippen LogP) is 2.92. The topological polar surface area (TPSA) is 89.9 Å². The van der Waals surface area contributed by atoms with Gasteiger partial charge in [0.25, 0.3) is 11.8 Å². The molecule has 2 rings (SSSR count). The second kappa shape index (κ2) is 12.3. The molecule has 34 heavy (non-hydrogen) atoms. The van der Waals surface area contributed by atoms with Crippen molar-refractivity contribution in [2.75, 3.05) is 33.4 Å². The number of aromatic nitrogens is 1. The zero-order valence-electron chi connectivity index (χ0n) is 19.1. The van der Waals surface area contributed by atoms with Gasteiger partial charge < -0.3 is 24.3 Å². The van der Waals surface area contributed by atoms with Gasteiger partial charge in [0.1, 0.15) is 22.2 Å². The van der Waals surface area contributed by atoms with Gasteiger partial charge in [0.2, 0.25) is 5.43 Å². The van der Waals surface area contributed by atoms with E-state index in [1.807, 2.05) is 6.92 Å². The molecule has 0 saturated heterocycles. The van der Waals surface area contributed by atoms with Crippen LogP contribution in [0.2, 0.25) is 5.02 Å². The van der Waals surface area contributed by atoms with Crippen molar-refractivity contribution < 1.29 is 27.8 Å². The van der Waals surface area contributed by atoms with E-state index in [9.17, 15) is 23.2 Å². The normalized spacial score (nSPS) is 10.6. The number of methoxy groups -OCH3 is 1. The minimum absolute atomic E-state index is 0.0567. The Kier molecular flexibility index (Phi) is 9.76. The fraction of sp³-hybridized carbons (Fsp3) is 0.348. The third-order valence-corrected chi connectivity index (χ3v) is 5.24. The molecule has 0 aliphatic carbocycles. The molecule has 1 aromatic carbocycles. The second-order valence-corrected chi connectivity index (χ2v) is 7.50. The molecule has 0 saturated carbocycles. The molecule has 1 aromatic heterocycles. The number of halogens is 3. The zero-order chi connectivity index (χ0) is 25.4. The van der Waals surface area contributed by atoms with Crippen molar-refractivity contribution in [3.8, 4) is 5.75 Å². The number of ether oxygens (including phenoxy) is 2. The smallest absolute Gasteiger partial charge is 0.274 e. The van der Waals surface area contributed by atoms with Crippen LogP contribution in [0, 0.1) is 11.6 Å². The maximum absolute atomic E-state index is 14.1. The van der Waals surface area contributed by atoms with Crippen molar-refractivity contribution in [3.05, 3.63) is 74.7 Å². The van der Waals surface area contributed by atoms with Crippen LogP contribution in [0.1, 0.15) is 33.3 Å². The molecule has 0 fully saturated rings. The van der Waals surface area contributed by atoms with Gasteiger partial charge in [0.05, 0.1) is 13.7 Å². The summed E-state index contributed by atoms with van der Waals surface area (Å²) in [4.78, 5) is 40.3. The molecule has 0 unspecified atom stereocenters. The van der Waals surface area contributed by atoms with Crippen molar-refractivity contribution in [1.82, 2.24) is 14.8 Å². The molecule has 0 radical (unpaired) electrons. The molecule has 1 heterocycles. The number of carbonyl (C=O) groups is 2. The van der Waals surface area contributed by atoms with Crippen LogP contribution in [0.4, 0.5) is 8.78 Å². The van der Waals surface area contributed by atoms with Gasteiger partial charge in [-0.25, -0.2) is 8.78 Å².